The molecule has 1 rings (SSSR count). The standard InChI is InChI=1S/C8H17NO5S/c10-8(6-15-14-13-11)5-9-7-1-3-12-4-2-7/h7-11H,1-6H2. The Balaban J connectivity index is 1.97. The fourth-order valence-electron chi connectivity index (χ4n) is 1.39. The Morgan fingerprint density at radius 1 is 1.47 bits per heavy atom. The highest BCUT2D eigenvalue weighted by molar-refractivity contribution is 7.94. The van der Waals surface area contributed by atoms with E-state index in [-0.39, 0.29) is 0 Å². The molecule has 1 fully saturated rings. The Morgan fingerprint density at radius 3 is 2.87 bits per heavy atom. The van der Waals surface area contributed by atoms with E-state index in [0.29, 0.717) is 18.3 Å². The van der Waals surface area contributed by atoms with Gasteiger partial charge >= 0.3 is 0 Å². The maximum atomic E-state index is 9.47. The van der Waals surface area contributed by atoms with Gasteiger partial charge in [0, 0.05) is 37.8 Å². The highest BCUT2D eigenvalue weighted by Crippen LogP contribution is 2.07. The van der Waals surface area contributed by atoms with Crippen LogP contribution in [-0.2, 0) is 14.1 Å². The molecule has 0 bridgehead atoms. The van der Waals surface area contributed by atoms with Gasteiger partial charge in [-0.3, -0.25) is 0 Å². The summed E-state index contributed by atoms with van der Waals surface area (Å²) in [7, 11) is 0. The highest BCUT2D eigenvalue weighted by Gasteiger charge is 2.14. The summed E-state index contributed by atoms with van der Waals surface area (Å²) in [5.74, 6) is 0.344. The van der Waals surface area contributed by atoms with E-state index < -0.39 is 6.10 Å². The minimum atomic E-state index is -0.520. The largest absolute Gasteiger partial charge is 0.391 e. The van der Waals surface area contributed by atoms with E-state index in [2.05, 4.69) is 14.7 Å². The van der Waals surface area contributed by atoms with Crippen LogP contribution in [0.4, 0.5) is 0 Å². The normalized spacial score (nSPS) is 20.4. The molecule has 1 atom stereocenters. The van der Waals surface area contributed by atoms with Crippen molar-refractivity contribution in [3.05, 3.63) is 0 Å². The average Bonchev–Trinajstić information content (AvgIpc) is 2.28. The predicted octanol–water partition coefficient (Wildman–Crippen LogP) is 0.185. The molecule has 0 radical (unpaired) electrons. The Labute approximate surface area is 93.0 Å². The summed E-state index contributed by atoms with van der Waals surface area (Å²) in [6.07, 6.45) is 1.44. The molecule has 0 aromatic rings. The van der Waals surface area contributed by atoms with Gasteiger partial charge < -0.3 is 15.2 Å². The van der Waals surface area contributed by atoms with Crippen molar-refractivity contribution in [3.63, 3.8) is 0 Å². The lowest BCUT2D eigenvalue weighted by Gasteiger charge is -2.24. The van der Waals surface area contributed by atoms with E-state index >= 15 is 0 Å². The first-order valence-corrected chi connectivity index (χ1v) is 5.83. The van der Waals surface area contributed by atoms with Crippen LogP contribution in [0, 0.1) is 0 Å². The third kappa shape index (κ3) is 6.31. The Hall–Kier alpha value is 0.110. The first-order chi connectivity index (χ1) is 7.33. The molecule has 15 heavy (non-hydrogen) atoms. The summed E-state index contributed by atoms with van der Waals surface area (Å²) in [5.41, 5.74) is 0. The molecular formula is C8H17NO5S. The van der Waals surface area contributed by atoms with Crippen LogP contribution in [0.5, 0.6) is 0 Å². The van der Waals surface area contributed by atoms with Gasteiger partial charge in [0.2, 0.25) is 0 Å². The van der Waals surface area contributed by atoms with Gasteiger partial charge in [0.25, 0.3) is 0 Å². The zero-order valence-electron chi connectivity index (χ0n) is 8.42. The molecule has 0 aliphatic carbocycles. The number of nitrogens with one attached hydrogen (secondary N) is 1. The van der Waals surface area contributed by atoms with Gasteiger partial charge in [-0.1, -0.05) is 5.04 Å². The third-order valence-corrected chi connectivity index (χ3v) is 2.88. The lowest BCUT2D eigenvalue weighted by Crippen LogP contribution is -2.39. The molecule has 1 heterocycles. The minimum Gasteiger partial charge on any atom is -0.391 e. The summed E-state index contributed by atoms with van der Waals surface area (Å²) in [6.45, 7) is 2.07. The minimum absolute atomic E-state index is 0.344. The molecule has 1 unspecified atom stereocenters. The predicted molar refractivity (Wildman–Crippen MR) is 55.1 cm³/mol. The first-order valence-electron chi connectivity index (χ1n) is 4.92. The van der Waals surface area contributed by atoms with Crippen LogP contribution in [0.3, 0.4) is 0 Å². The summed E-state index contributed by atoms with van der Waals surface area (Å²) >= 11 is 0.861. The smallest absolute Gasteiger partial charge is 0.0778 e. The molecule has 0 amide bonds. The maximum Gasteiger partial charge on any atom is 0.0778 e. The van der Waals surface area contributed by atoms with Gasteiger partial charge in [-0.2, -0.15) is 0 Å². The maximum absolute atomic E-state index is 9.47. The Morgan fingerprint density at radius 2 is 2.20 bits per heavy atom. The number of rotatable bonds is 7. The van der Waals surface area contributed by atoms with Crippen molar-refractivity contribution in [1.82, 2.24) is 5.32 Å². The molecule has 0 aromatic carbocycles. The number of hydrogen-bond acceptors (Lipinski definition) is 7. The summed E-state index contributed by atoms with van der Waals surface area (Å²) in [6, 6.07) is 0.424. The molecule has 90 valence electrons. The first kappa shape index (κ1) is 13.2. The van der Waals surface area contributed by atoms with Crippen molar-refractivity contribution < 1.29 is 24.5 Å². The van der Waals surface area contributed by atoms with Crippen molar-refractivity contribution in [1.29, 1.82) is 0 Å². The molecule has 6 nitrogen and oxygen atoms in total. The van der Waals surface area contributed by atoms with Crippen molar-refractivity contribution in [3.8, 4) is 0 Å². The SMILES string of the molecule is OOOSCC(O)CNC1CCOCC1. The van der Waals surface area contributed by atoms with E-state index in [1.165, 1.54) is 0 Å². The van der Waals surface area contributed by atoms with E-state index in [4.69, 9.17) is 9.99 Å². The van der Waals surface area contributed by atoms with Crippen LogP contribution in [0.1, 0.15) is 12.8 Å². The second-order valence-corrected chi connectivity index (χ2v) is 4.08. The fraction of sp³-hybridized carbons (Fsp3) is 1.00. The lowest BCUT2D eigenvalue weighted by atomic mass is 10.1. The molecule has 0 spiro atoms. The van der Waals surface area contributed by atoms with E-state index in [1.54, 1.807) is 0 Å². The van der Waals surface area contributed by atoms with Crippen molar-refractivity contribution in [2.75, 3.05) is 25.5 Å². The molecule has 1 aliphatic rings. The van der Waals surface area contributed by atoms with Crippen LogP contribution in [0.2, 0.25) is 0 Å². The lowest BCUT2D eigenvalue weighted by molar-refractivity contribution is -0.432. The van der Waals surface area contributed by atoms with Crippen molar-refractivity contribution in [2.24, 2.45) is 0 Å². The van der Waals surface area contributed by atoms with Gasteiger partial charge in [-0.25, -0.2) is 5.26 Å². The van der Waals surface area contributed by atoms with Gasteiger partial charge in [0.15, 0.2) is 0 Å². The summed E-state index contributed by atoms with van der Waals surface area (Å²) < 4.78 is 9.38. The van der Waals surface area contributed by atoms with Gasteiger partial charge in [-0.05, 0) is 12.8 Å². The van der Waals surface area contributed by atoms with Crippen LogP contribution >= 0.6 is 12.0 Å². The van der Waals surface area contributed by atoms with E-state index in [9.17, 15) is 5.11 Å². The topological polar surface area (TPSA) is 80.2 Å². The zero-order chi connectivity index (χ0) is 10.9. The zero-order valence-corrected chi connectivity index (χ0v) is 9.24. The monoisotopic (exact) mass is 239 g/mol. The molecule has 0 saturated carbocycles. The van der Waals surface area contributed by atoms with Crippen LogP contribution in [0.25, 0.3) is 0 Å². The Kier molecular flexibility index (Phi) is 7.28. The fourth-order valence-corrected chi connectivity index (χ4v) is 1.76. The number of hydrogen-bond donors (Lipinski definition) is 3. The second kappa shape index (κ2) is 8.28. The van der Waals surface area contributed by atoms with Crippen molar-refractivity contribution in [2.45, 2.75) is 25.0 Å². The Bertz CT molecular complexity index is 156. The van der Waals surface area contributed by atoms with E-state index in [1.807, 2.05) is 0 Å². The van der Waals surface area contributed by atoms with Crippen LogP contribution in [0.15, 0.2) is 0 Å². The molecular weight excluding hydrogens is 222 g/mol. The summed E-state index contributed by atoms with van der Waals surface area (Å²) in [4.78, 5) is 0. The van der Waals surface area contributed by atoms with Gasteiger partial charge in [0.1, 0.15) is 0 Å². The van der Waals surface area contributed by atoms with Crippen LogP contribution < -0.4 is 5.32 Å². The third-order valence-electron chi connectivity index (χ3n) is 2.20. The number of aliphatic hydroxyl groups is 1. The average molecular weight is 239 g/mol. The van der Waals surface area contributed by atoms with Gasteiger partial charge in [-0.15, -0.1) is 4.33 Å². The molecule has 7 heteroatoms. The number of ether oxygens (including phenoxy) is 1. The molecule has 1 aliphatic heterocycles. The van der Waals surface area contributed by atoms with Crippen molar-refractivity contribution >= 4 is 12.0 Å². The second-order valence-electron chi connectivity index (χ2n) is 3.38. The summed E-state index contributed by atoms with van der Waals surface area (Å²) in [5, 5.41) is 24.0. The quantitative estimate of drug-likeness (QED) is 0.253. The van der Waals surface area contributed by atoms with Gasteiger partial charge in [0.05, 0.1) is 11.9 Å². The van der Waals surface area contributed by atoms with E-state index in [0.717, 1.165) is 38.1 Å². The van der Waals surface area contributed by atoms with Crippen LogP contribution in [-0.4, -0.2) is 48.0 Å². The number of aliphatic hydroxyl groups excluding tert-OH is 1. The molecule has 3 N–H and O–H groups in total. The highest BCUT2D eigenvalue weighted by atomic mass is 32.2. The molecule has 0 aromatic heterocycles. The molecule has 1 saturated heterocycles.